The molecule has 0 aliphatic heterocycles. The van der Waals surface area contributed by atoms with Crippen LogP contribution in [0.1, 0.15) is 24.9 Å². The molecule has 0 aliphatic carbocycles. The standard InChI is InChI=1S/C17H14ClF4N5O/c1-2-13(27-7-9(18)6-23-27)17(28)24-14-3-4-26(25-14)8-10-15(21)11(19)5-12(20)16(10)22/h3-7,13H,2,8H2,1H3,(H,24,25,28). The number of benzene rings is 1. The van der Waals surface area contributed by atoms with Gasteiger partial charge in [0, 0.05) is 24.5 Å². The molecule has 1 amide bonds. The monoisotopic (exact) mass is 415 g/mol. The molecule has 0 bridgehead atoms. The van der Waals surface area contributed by atoms with Gasteiger partial charge in [-0.15, -0.1) is 0 Å². The number of carbonyl (C=O) groups is 1. The van der Waals surface area contributed by atoms with E-state index in [1.165, 1.54) is 29.3 Å². The van der Waals surface area contributed by atoms with E-state index in [1.807, 2.05) is 0 Å². The van der Waals surface area contributed by atoms with Gasteiger partial charge in [-0.05, 0) is 6.42 Å². The molecule has 1 N–H and O–H groups in total. The maximum atomic E-state index is 13.8. The van der Waals surface area contributed by atoms with Gasteiger partial charge < -0.3 is 5.32 Å². The summed E-state index contributed by atoms with van der Waals surface area (Å²) in [4.78, 5) is 12.4. The Morgan fingerprint density at radius 1 is 1.25 bits per heavy atom. The van der Waals surface area contributed by atoms with Crippen molar-refractivity contribution in [3.05, 3.63) is 64.6 Å². The van der Waals surface area contributed by atoms with Crippen LogP contribution in [0.5, 0.6) is 0 Å². The third-order valence-electron chi connectivity index (χ3n) is 3.99. The van der Waals surface area contributed by atoms with E-state index in [2.05, 4.69) is 15.5 Å². The summed E-state index contributed by atoms with van der Waals surface area (Å²) in [5, 5.41) is 10.9. The van der Waals surface area contributed by atoms with Crippen LogP contribution in [-0.4, -0.2) is 25.5 Å². The molecule has 1 unspecified atom stereocenters. The first kappa shape index (κ1) is 19.9. The summed E-state index contributed by atoms with van der Waals surface area (Å²) in [6.45, 7) is 1.22. The first-order valence-corrected chi connectivity index (χ1v) is 8.53. The van der Waals surface area contributed by atoms with Gasteiger partial charge in [0.2, 0.25) is 5.91 Å². The number of halogens is 5. The zero-order chi connectivity index (χ0) is 20.4. The second-order valence-corrected chi connectivity index (χ2v) is 6.33. The van der Waals surface area contributed by atoms with Gasteiger partial charge in [-0.1, -0.05) is 18.5 Å². The minimum Gasteiger partial charge on any atom is -0.307 e. The predicted molar refractivity (Wildman–Crippen MR) is 92.8 cm³/mol. The summed E-state index contributed by atoms with van der Waals surface area (Å²) in [5.41, 5.74) is -0.809. The summed E-state index contributed by atoms with van der Waals surface area (Å²) in [5.74, 6) is -6.33. The highest BCUT2D eigenvalue weighted by molar-refractivity contribution is 6.30. The molecule has 3 rings (SSSR count). The Labute approximate surface area is 161 Å². The van der Waals surface area contributed by atoms with E-state index in [1.54, 1.807) is 6.92 Å². The summed E-state index contributed by atoms with van der Waals surface area (Å²) >= 11 is 5.81. The van der Waals surface area contributed by atoms with Crippen molar-refractivity contribution in [2.45, 2.75) is 25.9 Å². The molecular weight excluding hydrogens is 402 g/mol. The number of carbonyl (C=O) groups excluding carboxylic acids is 1. The SMILES string of the molecule is CCC(C(=O)Nc1ccn(Cc2c(F)c(F)cc(F)c2F)n1)n1cc(Cl)cn1. The molecular formula is C17H14ClF4N5O. The van der Waals surface area contributed by atoms with Crippen LogP contribution in [-0.2, 0) is 11.3 Å². The fourth-order valence-corrected chi connectivity index (χ4v) is 2.77. The third kappa shape index (κ3) is 4.01. The molecule has 148 valence electrons. The largest absolute Gasteiger partial charge is 0.307 e. The second kappa shape index (κ2) is 8.01. The highest BCUT2D eigenvalue weighted by Crippen LogP contribution is 2.21. The van der Waals surface area contributed by atoms with Crippen LogP contribution in [0.3, 0.4) is 0 Å². The maximum absolute atomic E-state index is 13.8. The van der Waals surface area contributed by atoms with Gasteiger partial charge in [-0.2, -0.15) is 10.2 Å². The van der Waals surface area contributed by atoms with E-state index in [-0.39, 0.29) is 11.9 Å². The van der Waals surface area contributed by atoms with E-state index in [4.69, 9.17) is 11.6 Å². The van der Waals surface area contributed by atoms with E-state index >= 15 is 0 Å². The number of hydrogen-bond donors (Lipinski definition) is 1. The number of hydrogen-bond acceptors (Lipinski definition) is 3. The van der Waals surface area contributed by atoms with Crippen LogP contribution in [0, 0.1) is 23.3 Å². The van der Waals surface area contributed by atoms with Gasteiger partial charge in [-0.3, -0.25) is 14.2 Å². The number of amides is 1. The van der Waals surface area contributed by atoms with E-state index < -0.39 is 47.3 Å². The molecule has 0 saturated heterocycles. The lowest BCUT2D eigenvalue weighted by Gasteiger charge is -2.14. The van der Waals surface area contributed by atoms with Gasteiger partial charge in [0.25, 0.3) is 0 Å². The fourth-order valence-electron chi connectivity index (χ4n) is 2.63. The summed E-state index contributed by atoms with van der Waals surface area (Å²) < 4.78 is 56.6. The van der Waals surface area contributed by atoms with Crippen molar-refractivity contribution in [3.8, 4) is 0 Å². The number of anilines is 1. The van der Waals surface area contributed by atoms with Gasteiger partial charge >= 0.3 is 0 Å². The van der Waals surface area contributed by atoms with Crippen molar-refractivity contribution in [1.82, 2.24) is 19.6 Å². The quantitative estimate of drug-likeness (QED) is 0.490. The highest BCUT2D eigenvalue weighted by atomic mass is 35.5. The summed E-state index contributed by atoms with van der Waals surface area (Å²) in [6, 6.07) is 0.867. The molecule has 2 heterocycles. The first-order valence-electron chi connectivity index (χ1n) is 8.16. The maximum Gasteiger partial charge on any atom is 0.250 e. The molecule has 0 radical (unpaired) electrons. The Hall–Kier alpha value is -2.88. The number of nitrogens with zero attached hydrogens (tertiary/aromatic N) is 4. The van der Waals surface area contributed by atoms with Crippen LogP contribution >= 0.6 is 11.6 Å². The number of rotatable bonds is 6. The highest BCUT2D eigenvalue weighted by Gasteiger charge is 2.22. The Balaban J connectivity index is 1.75. The van der Waals surface area contributed by atoms with Crippen molar-refractivity contribution in [2.75, 3.05) is 5.32 Å². The summed E-state index contributed by atoms with van der Waals surface area (Å²) in [6.07, 6.45) is 4.62. The molecule has 2 aromatic heterocycles. The van der Waals surface area contributed by atoms with Crippen LogP contribution < -0.4 is 5.32 Å². The average molecular weight is 416 g/mol. The smallest absolute Gasteiger partial charge is 0.250 e. The molecule has 1 atom stereocenters. The van der Waals surface area contributed by atoms with Crippen LogP contribution in [0.15, 0.2) is 30.7 Å². The molecule has 3 aromatic rings. The lowest BCUT2D eigenvalue weighted by atomic mass is 10.2. The van der Waals surface area contributed by atoms with Crippen molar-refractivity contribution in [2.24, 2.45) is 0 Å². The summed E-state index contributed by atoms with van der Waals surface area (Å²) in [7, 11) is 0. The minimum atomic E-state index is -1.50. The fraction of sp³-hybridized carbons (Fsp3) is 0.235. The van der Waals surface area contributed by atoms with Crippen LogP contribution in [0.4, 0.5) is 23.4 Å². The van der Waals surface area contributed by atoms with Crippen molar-refractivity contribution in [3.63, 3.8) is 0 Å². The van der Waals surface area contributed by atoms with Crippen LogP contribution in [0.25, 0.3) is 0 Å². The van der Waals surface area contributed by atoms with Crippen molar-refractivity contribution in [1.29, 1.82) is 0 Å². The van der Waals surface area contributed by atoms with E-state index in [0.29, 0.717) is 11.4 Å². The molecule has 0 spiro atoms. The van der Waals surface area contributed by atoms with Gasteiger partial charge in [0.15, 0.2) is 29.1 Å². The van der Waals surface area contributed by atoms with Crippen molar-refractivity contribution < 1.29 is 22.4 Å². The Kier molecular flexibility index (Phi) is 5.68. The zero-order valence-corrected chi connectivity index (χ0v) is 15.2. The Bertz CT molecular complexity index is 993. The molecule has 11 heteroatoms. The second-order valence-electron chi connectivity index (χ2n) is 5.90. The molecule has 1 aromatic carbocycles. The molecule has 28 heavy (non-hydrogen) atoms. The van der Waals surface area contributed by atoms with E-state index in [9.17, 15) is 22.4 Å². The van der Waals surface area contributed by atoms with Gasteiger partial charge in [0.05, 0.1) is 23.3 Å². The molecule has 0 saturated carbocycles. The van der Waals surface area contributed by atoms with Crippen molar-refractivity contribution >= 4 is 23.3 Å². The first-order chi connectivity index (χ1) is 13.3. The number of aromatic nitrogens is 4. The molecule has 0 aliphatic rings. The van der Waals surface area contributed by atoms with E-state index in [0.717, 1.165) is 4.68 Å². The average Bonchev–Trinajstić information content (AvgIpc) is 3.27. The van der Waals surface area contributed by atoms with Crippen LogP contribution in [0.2, 0.25) is 5.02 Å². The zero-order valence-electron chi connectivity index (χ0n) is 14.5. The lowest BCUT2D eigenvalue weighted by molar-refractivity contribution is -0.119. The molecule has 6 nitrogen and oxygen atoms in total. The minimum absolute atomic E-state index is 0.0967. The predicted octanol–water partition coefficient (Wildman–Crippen LogP) is 3.93. The molecule has 0 fully saturated rings. The Morgan fingerprint density at radius 3 is 2.50 bits per heavy atom. The third-order valence-corrected chi connectivity index (χ3v) is 4.19. The van der Waals surface area contributed by atoms with Gasteiger partial charge in [-0.25, -0.2) is 17.6 Å². The van der Waals surface area contributed by atoms with Gasteiger partial charge in [0.1, 0.15) is 6.04 Å². The number of nitrogens with one attached hydrogen (secondary N) is 1. The normalized spacial score (nSPS) is 12.2. The Morgan fingerprint density at radius 2 is 1.93 bits per heavy atom. The lowest BCUT2D eigenvalue weighted by Crippen LogP contribution is -2.26. The topological polar surface area (TPSA) is 64.7 Å².